The van der Waals surface area contributed by atoms with Crippen LogP contribution in [-0.4, -0.2) is 36.1 Å². The third-order valence-electron chi connectivity index (χ3n) is 4.06. The first kappa shape index (κ1) is 12.2. The lowest BCUT2D eigenvalue weighted by Crippen LogP contribution is -2.42. The van der Waals surface area contributed by atoms with E-state index in [4.69, 9.17) is 4.74 Å². The van der Waals surface area contributed by atoms with Gasteiger partial charge in [0.05, 0.1) is 11.0 Å². The monoisotopic (exact) mass is 265 g/mol. The van der Waals surface area contributed by atoms with Gasteiger partial charge in [0.1, 0.15) is 0 Å². The lowest BCUT2D eigenvalue weighted by molar-refractivity contribution is 0.00768. The van der Waals surface area contributed by atoms with Gasteiger partial charge in [-0.1, -0.05) is 0 Å². The van der Waals surface area contributed by atoms with Crippen molar-refractivity contribution in [1.29, 1.82) is 0 Å². The molecule has 3 nitrogen and oxygen atoms in total. The van der Waals surface area contributed by atoms with Crippen molar-refractivity contribution >= 4 is 17.2 Å². The fourth-order valence-electron chi connectivity index (χ4n) is 3.26. The molecule has 18 heavy (non-hydrogen) atoms. The average Bonchev–Trinajstić information content (AvgIpc) is 3.03. The average molecular weight is 265 g/mol. The summed E-state index contributed by atoms with van der Waals surface area (Å²) in [5, 5.41) is 2.05. The van der Waals surface area contributed by atoms with Crippen LogP contribution in [0.3, 0.4) is 0 Å². The number of amides is 1. The van der Waals surface area contributed by atoms with Gasteiger partial charge in [-0.15, -0.1) is 11.3 Å². The Kier molecular flexibility index (Phi) is 3.16. The summed E-state index contributed by atoms with van der Waals surface area (Å²) in [6.07, 6.45) is 2.53. The minimum atomic E-state index is 0.218. The Hall–Kier alpha value is -0.870. The number of ether oxygens (including phenoxy) is 1. The molecule has 0 N–H and O–H groups in total. The maximum atomic E-state index is 12.4. The third kappa shape index (κ3) is 1.97. The highest BCUT2D eigenvalue weighted by molar-refractivity contribution is 7.12. The van der Waals surface area contributed by atoms with E-state index in [1.807, 2.05) is 25.3 Å². The largest absolute Gasteiger partial charge is 0.378 e. The van der Waals surface area contributed by atoms with E-state index >= 15 is 0 Å². The molecular weight excluding hydrogens is 246 g/mol. The van der Waals surface area contributed by atoms with Crippen LogP contribution in [0, 0.1) is 12.8 Å². The molecule has 1 aromatic rings. The lowest BCUT2D eigenvalue weighted by Gasteiger charge is -2.31. The van der Waals surface area contributed by atoms with Crippen molar-refractivity contribution in [2.24, 2.45) is 5.92 Å². The van der Waals surface area contributed by atoms with Gasteiger partial charge in [-0.25, -0.2) is 0 Å². The number of thiophene rings is 1. The van der Waals surface area contributed by atoms with E-state index in [0.717, 1.165) is 30.9 Å². The Bertz CT molecular complexity index is 456. The molecular formula is C14H19NO2S. The maximum absolute atomic E-state index is 12.4. The van der Waals surface area contributed by atoms with Crippen molar-refractivity contribution in [3.05, 3.63) is 21.9 Å². The molecule has 0 radical (unpaired) electrons. The second kappa shape index (κ2) is 4.67. The van der Waals surface area contributed by atoms with Gasteiger partial charge >= 0.3 is 0 Å². The fourth-order valence-corrected chi connectivity index (χ4v) is 4.11. The summed E-state index contributed by atoms with van der Waals surface area (Å²) in [6.45, 7) is 5.74. The van der Waals surface area contributed by atoms with Gasteiger partial charge in [0, 0.05) is 25.1 Å². The molecule has 3 rings (SSSR count). The smallest absolute Gasteiger partial charge is 0.264 e. The first-order valence-electron chi connectivity index (χ1n) is 6.66. The van der Waals surface area contributed by atoms with Crippen LogP contribution in [0.1, 0.15) is 35.0 Å². The van der Waals surface area contributed by atoms with E-state index in [-0.39, 0.29) is 5.91 Å². The Labute approximate surface area is 112 Å². The molecule has 1 aliphatic heterocycles. The number of carbonyl (C=O) groups is 1. The highest BCUT2D eigenvalue weighted by atomic mass is 32.1. The van der Waals surface area contributed by atoms with E-state index < -0.39 is 0 Å². The molecule has 1 saturated carbocycles. The summed E-state index contributed by atoms with van der Waals surface area (Å²) in [4.78, 5) is 15.4. The second-order valence-corrected chi connectivity index (χ2v) is 6.24. The van der Waals surface area contributed by atoms with Gasteiger partial charge in [0.2, 0.25) is 0 Å². The van der Waals surface area contributed by atoms with E-state index in [1.165, 1.54) is 5.56 Å². The molecule has 1 saturated heterocycles. The molecule has 0 spiro atoms. The number of likely N-dealkylation sites (tertiary alicyclic amines) is 1. The highest BCUT2D eigenvalue weighted by Gasteiger charge is 2.47. The summed E-state index contributed by atoms with van der Waals surface area (Å²) in [7, 11) is 0. The Morgan fingerprint density at radius 1 is 1.56 bits per heavy atom. The van der Waals surface area contributed by atoms with Crippen LogP contribution in [0.5, 0.6) is 0 Å². The molecule has 2 unspecified atom stereocenters. The van der Waals surface area contributed by atoms with Gasteiger partial charge in [0.25, 0.3) is 5.91 Å². The number of carbonyl (C=O) groups excluding carboxylic acids is 1. The second-order valence-electron chi connectivity index (χ2n) is 5.32. The van der Waals surface area contributed by atoms with Crippen LogP contribution >= 0.6 is 11.3 Å². The standard InChI is InChI=1S/C14H19NO2S/c1-3-17-12-6-11-5-10(12)7-15(11)14(16)13-4-9(2)8-18-13/h4,8,10-12H,3,5-7H2,1-2H3/t10?,11?,12-/m0/s1. The van der Waals surface area contributed by atoms with Crippen LogP contribution in [0.4, 0.5) is 0 Å². The number of piperidine rings is 1. The fraction of sp³-hybridized carbons (Fsp3) is 0.643. The zero-order chi connectivity index (χ0) is 12.7. The van der Waals surface area contributed by atoms with Gasteiger partial charge < -0.3 is 9.64 Å². The molecule has 2 aliphatic rings. The number of fused-ring (bicyclic) bond motifs is 2. The number of rotatable bonds is 3. The zero-order valence-electron chi connectivity index (χ0n) is 10.9. The molecule has 4 heteroatoms. The summed E-state index contributed by atoms with van der Waals surface area (Å²) in [5.41, 5.74) is 1.18. The van der Waals surface area contributed by atoms with E-state index in [2.05, 4.69) is 4.90 Å². The predicted molar refractivity (Wildman–Crippen MR) is 72.0 cm³/mol. The topological polar surface area (TPSA) is 29.5 Å². The van der Waals surface area contributed by atoms with Crippen LogP contribution in [0.15, 0.2) is 11.4 Å². The number of hydrogen-bond donors (Lipinski definition) is 0. The van der Waals surface area contributed by atoms with Crippen molar-refractivity contribution in [2.45, 2.75) is 38.8 Å². The van der Waals surface area contributed by atoms with Crippen LogP contribution in [0.25, 0.3) is 0 Å². The van der Waals surface area contributed by atoms with Crippen LogP contribution < -0.4 is 0 Å². The lowest BCUT2D eigenvalue weighted by atomic mass is 10.1. The molecule has 3 atom stereocenters. The zero-order valence-corrected chi connectivity index (χ0v) is 11.7. The van der Waals surface area contributed by atoms with E-state index in [9.17, 15) is 4.79 Å². The number of nitrogens with zero attached hydrogens (tertiary/aromatic N) is 1. The van der Waals surface area contributed by atoms with Gasteiger partial charge in [-0.3, -0.25) is 4.79 Å². The predicted octanol–water partition coefficient (Wildman–Crippen LogP) is 2.70. The molecule has 1 aromatic heterocycles. The maximum Gasteiger partial charge on any atom is 0.264 e. The van der Waals surface area contributed by atoms with E-state index in [1.54, 1.807) is 11.3 Å². The summed E-state index contributed by atoms with van der Waals surface area (Å²) >= 11 is 1.56. The minimum Gasteiger partial charge on any atom is -0.378 e. The Morgan fingerprint density at radius 2 is 2.39 bits per heavy atom. The molecule has 2 heterocycles. The summed E-state index contributed by atoms with van der Waals surface area (Å²) < 4.78 is 5.74. The molecule has 1 aliphatic carbocycles. The third-order valence-corrected chi connectivity index (χ3v) is 5.10. The van der Waals surface area contributed by atoms with Gasteiger partial charge in [-0.2, -0.15) is 0 Å². The molecule has 2 bridgehead atoms. The summed E-state index contributed by atoms with van der Waals surface area (Å²) in [6, 6.07) is 2.40. The minimum absolute atomic E-state index is 0.218. The quantitative estimate of drug-likeness (QED) is 0.841. The highest BCUT2D eigenvalue weighted by Crippen LogP contribution is 2.40. The van der Waals surface area contributed by atoms with Crippen LogP contribution in [-0.2, 0) is 4.74 Å². The van der Waals surface area contributed by atoms with Gasteiger partial charge in [0.15, 0.2) is 0 Å². The van der Waals surface area contributed by atoms with Crippen molar-refractivity contribution in [2.75, 3.05) is 13.2 Å². The molecule has 0 aromatic carbocycles. The van der Waals surface area contributed by atoms with Crippen molar-refractivity contribution in [1.82, 2.24) is 4.90 Å². The van der Waals surface area contributed by atoms with Crippen LogP contribution in [0.2, 0.25) is 0 Å². The SMILES string of the molecule is CCO[C@H]1CC2CC1CN2C(=O)c1cc(C)cs1. The van der Waals surface area contributed by atoms with Crippen molar-refractivity contribution in [3.63, 3.8) is 0 Å². The normalized spacial score (nSPS) is 30.1. The first-order chi connectivity index (χ1) is 8.69. The molecule has 98 valence electrons. The Balaban J connectivity index is 1.69. The molecule has 2 fully saturated rings. The van der Waals surface area contributed by atoms with Crippen molar-refractivity contribution in [3.8, 4) is 0 Å². The number of hydrogen-bond acceptors (Lipinski definition) is 3. The van der Waals surface area contributed by atoms with Crippen molar-refractivity contribution < 1.29 is 9.53 Å². The van der Waals surface area contributed by atoms with Gasteiger partial charge in [-0.05, 0) is 43.7 Å². The molecule has 1 amide bonds. The van der Waals surface area contributed by atoms with E-state index in [0.29, 0.717) is 18.1 Å². The first-order valence-corrected chi connectivity index (χ1v) is 7.54. The number of aryl methyl sites for hydroxylation is 1. The summed E-state index contributed by atoms with van der Waals surface area (Å²) in [5.74, 6) is 0.774. The Morgan fingerprint density at radius 3 is 2.94 bits per heavy atom.